The topological polar surface area (TPSA) is 23.6 Å². The van der Waals surface area contributed by atoms with E-state index in [0.29, 0.717) is 19.6 Å². The Morgan fingerprint density at radius 3 is 2.32 bits per heavy atom. The average molecular weight is 509 g/mol. The lowest BCUT2D eigenvalue weighted by atomic mass is 9.88. The summed E-state index contributed by atoms with van der Waals surface area (Å²) in [6.07, 6.45) is 1.75. The fourth-order valence-corrected chi connectivity index (χ4v) is 5.56. The van der Waals surface area contributed by atoms with Crippen molar-refractivity contribution in [3.63, 3.8) is 0 Å². The van der Waals surface area contributed by atoms with Crippen LogP contribution in [0.5, 0.6) is 0 Å². The summed E-state index contributed by atoms with van der Waals surface area (Å²) in [5.74, 6) is 0.149. The van der Waals surface area contributed by atoms with Gasteiger partial charge in [0.1, 0.15) is 0 Å². The van der Waals surface area contributed by atoms with Crippen molar-refractivity contribution in [3.8, 4) is 0 Å². The maximum atomic E-state index is 14.0. The number of aryl methyl sites for hydroxylation is 1. The van der Waals surface area contributed by atoms with Crippen LogP contribution < -0.4 is 0 Å². The van der Waals surface area contributed by atoms with Gasteiger partial charge in [0.05, 0.1) is 12.6 Å². The van der Waals surface area contributed by atoms with Crippen molar-refractivity contribution in [2.24, 2.45) is 0 Å². The molecular formula is C33H33ClN2O. The Hall–Kier alpha value is -3.40. The number of carbonyl (C=O) groups is 1. The van der Waals surface area contributed by atoms with Crippen molar-refractivity contribution >= 4 is 17.5 Å². The molecule has 0 bridgehead atoms. The third-order valence-corrected chi connectivity index (χ3v) is 7.75. The summed E-state index contributed by atoms with van der Waals surface area (Å²) in [6, 6.07) is 35.3. The highest BCUT2D eigenvalue weighted by Gasteiger charge is 2.32. The Balaban J connectivity index is 1.42. The first-order valence-corrected chi connectivity index (χ1v) is 13.4. The van der Waals surface area contributed by atoms with Crippen molar-refractivity contribution in [1.29, 1.82) is 0 Å². The number of rotatable bonds is 8. The number of amides is 1. The van der Waals surface area contributed by atoms with Crippen LogP contribution in [0.25, 0.3) is 0 Å². The first-order chi connectivity index (χ1) is 18.1. The predicted octanol–water partition coefficient (Wildman–Crippen LogP) is 6.87. The molecule has 5 rings (SSSR count). The zero-order chi connectivity index (χ0) is 25.6. The van der Waals surface area contributed by atoms with Gasteiger partial charge in [0.25, 0.3) is 0 Å². The van der Waals surface area contributed by atoms with Crippen molar-refractivity contribution in [2.75, 3.05) is 19.6 Å². The van der Waals surface area contributed by atoms with Crippen LogP contribution in [0.2, 0.25) is 5.02 Å². The van der Waals surface area contributed by atoms with Crippen LogP contribution in [0.3, 0.4) is 0 Å². The molecule has 1 heterocycles. The van der Waals surface area contributed by atoms with Gasteiger partial charge in [-0.25, -0.2) is 0 Å². The van der Waals surface area contributed by atoms with Crippen LogP contribution >= 0.6 is 11.6 Å². The zero-order valence-corrected chi connectivity index (χ0v) is 22.1. The molecule has 3 nitrogen and oxygen atoms in total. The van der Waals surface area contributed by atoms with Crippen molar-refractivity contribution in [1.82, 2.24) is 9.80 Å². The van der Waals surface area contributed by atoms with Gasteiger partial charge in [-0.3, -0.25) is 9.69 Å². The summed E-state index contributed by atoms with van der Waals surface area (Å²) in [6.45, 7) is 4.57. The maximum absolute atomic E-state index is 14.0. The largest absolute Gasteiger partial charge is 0.337 e. The van der Waals surface area contributed by atoms with Gasteiger partial charge >= 0.3 is 0 Å². The predicted molar refractivity (Wildman–Crippen MR) is 152 cm³/mol. The van der Waals surface area contributed by atoms with Crippen molar-refractivity contribution < 1.29 is 4.79 Å². The van der Waals surface area contributed by atoms with E-state index in [4.69, 9.17) is 11.6 Å². The summed E-state index contributed by atoms with van der Waals surface area (Å²) in [7, 11) is 0. The molecule has 1 aliphatic rings. The molecule has 1 atom stereocenters. The van der Waals surface area contributed by atoms with Gasteiger partial charge in [-0.2, -0.15) is 0 Å². The van der Waals surface area contributed by atoms with Crippen LogP contribution in [0, 0.1) is 6.92 Å². The summed E-state index contributed by atoms with van der Waals surface area (Å²) < 4.78 is 0. The Kier molecular flexibility index (Phi) is 8.03. The third kappa shape index (κ3) is 5.95. The van der Waals surface area contributed by atoms with Crippen LogP contribution in [-0.4, -0.2) is 35.3 Å². The summed E-state index contributed by atoms with van der Waals surface area (Å²) in [5, 5.41) is 0.738. The van der Waals surface area contributed by atoms with Gasteiger partial charge in [-0.1, -0.05) is 109 Å². The van der Waals surface area contributed by atoms with E-state index < -0.39 is 0 Å². The van der Waals surface area contributed by atoms with Crippen molar-refractivity contribution in [3.05, 3.63) is 142 Å². The quantitative estimate of drug-likeness (QED) is 0.259. The van der Waals surface area contributed by atoms with Crippen LogP contribution in [0.4, 0.5) is 0 Å². The van der Waals surface area contributed by atoms with E-state index in [-0.39, 0.29) is 11.9 Å². The first-order valence-electron chi connectivity index (χ1n) is 13.0. The minimum Gasteiger partial charge on any atom is -0.337 e. The van der Waals surface area contributed by atoms with E-state index in [2.05, 4.69) is 84.6 Å². The number of fused-ring (bicyclic) bond motifs is 1. The lowest BCUT2D eigenvalue weighted by Gasteiger charge is -2.38. The minimum absolute atomic E-state index is 0.0444. The Morgan fingerprint density at radius 2 is 1.54 bits per heavy atom. The molecule has 0 aliphatic carbocycles. The molecule has 0 saturated heterocycles. The van der Waals surface area contributed by atoms with E-state index in [9.17, 15) is 4.79 Å². The van der Waals surface area contributed by atoms with E-state index in [1.54, 1.807) is 0 Å². The van der Waals surface area contributed by atoms with E-state index in [1.807, 2.05) is 35.2 Å². The lowest BCUT2D eigenvalue weighted by Crippen LogP contribution is -2.45. The fourth-order valence-electron chi connectivity index (χ4n) is 5.32. The monoisotopic (exact) mass is 508 g/mol. The molecule has 0 saturated carbocycles. The second-order valence-electron chi connectivity index (χ2n) is 9.82. The Morgan fingerprint density at radius 1 is 0.865 bits per heavy atom. The standard InChI is InChI=1S/C33H33ClN2O/c1-25-11-5-6-15-28(25)23-35(21-19-26-12-3-2-4-13-26)32(37)24-36-22-20-27-14-7-8-16-29(27)33(36)30-17-9-10-18-31(30)34/h2-18,33H,19-24H2,1H3. The molecule has 1 aliphatic heterocycles. The molecule has 0 N–H and O–H groups in total. The molecular weight excluding hydrogens is 476 g/mol. The first kappa shape index (κ1) is 25.3. The van der Waals surface area contributed by atoms with Gasteiger partial charge in [-0.15, -0.1) is 0 Å². The molecule has 4 heteroatoms. The Labute approximate surface area is 225 Å². The highest BCUT2D eigenvalue weighted by molar-refractivity contribution is 6.31. The van der Waals surface area contributed by atoms with Gasteiger partial charge in [0.2, 0.25) is 5.91 Å². The average Bonchev–Trinajstić information content (AvgIpc) is 2.93. The lowest BCUT2D eigenvalue weighted by molar-refractivity contribution is -0.133. The number of halogens is 1. The second kappa shape index (κ2) is 11.8. The third-order valence-electron chi connectivity index (χ3n) is 7.41. The zero-order valence-electron chi connectivity index (χ0n) is 21.3. The molecule has 0 fully saturated rings. The number of hydrogen-bond donors (Lipinski definition) is 0. The molecule has 37 heavy (non-hydrogen) atoms. The normalized spacial score (nSPS) is 15.2. The molecule has 0 aromatic heterocycles. The van der Waals surface area contributed by atoms with Gasteiger partial charge in [-0.05, 0) is 59.2 Å². The number of nitrogens with zero attached hydrogens (tertiary/aromatic N) is 2. The summed E-state index contributed by atoms with van der Waals surface area (Å²) in [4.78, 5) is 18.3. The molecule has 4 aromatic carbocycles. The number of benzene rings is 4. The molecule has 0 spiro atoms. The van der Waals surface area contributed by atoms with Crippen molar-refractivity contribution in [2.45, 2.75) is 32.4 Å². The number of hydrogen-bond acceptors (Lipinski definition) is 2. The van der Waals surface area contributed by atoms with E-state index >= 15 is 0 Å². The highest BCUT2D eigenvalue weighted by atomic mass is 35.5. The molecule has 188 valence electrons. The van der Waals surface area contributed by atoms with Gasteiger partial charge in [0.15, 0.2) is 0 Å². The van der Waals surface area contributed by atoms with Gasteiger partial charge < -0.3 is 4.90 Å². The molecule has 1 amide bonds. The fraction of sp³-hybridized carbons (Fsp3) is 0.242. The van der Waals surface area contributed by atoms with Crippen LogP contribution in [0.1, 0.15) is 39.4 Å². The number of carbonyl (C=O) groups excluding carboxylic acids is 1. The highest BCUT2D eigenvalue weighted by Crippen LogP contribution is 2.38. The second-order valence-corrected chi connectivity index (χ2v) is 10.2. The van der Waals surface area contributed by atoms with E-state index in [1.165, 1.54) is 27.8 Å². The Bertz CT molecular complexity index is 1350. The van der Waals surface area contributed by atoms with Crippen LogP contribution in [-0.2, 0) is 24.2 Å². The maximum Gasteiger partial charge on any atom is 0.237 e. The molecule has 4 aromatic rings. The minimum atomic E-state index is -0.0444. The smallest absolute Gasteiger partial charge is 0.237 e. The summed E-state index contributed by atoms with van der Waals surface area (Å²) in [5.41, 5.74) is 7.27. The van der Waals surface area contributed by atoms with Crippen LogP contribution in [0.15, 0.2) is 103 Å². The van der Waals surface area contributed by atoms with E-state index in [0.717, 1.165) is 30.0 Å². The van der Waals surface area contributed by atoms with Gasteiger partial charge in [0, 0.05) is 24.7 Å². The SMILES string of the molecule is Cc1ccccc1CN(CCc1ccccc1)C(=O)CN1CCc2ccccc2C1c1ccccc1Cl. The molecule has 1 unspecified atom stereocenters. The summed E-state index contributed by atoms with van der Waals surface area (Å²) >= 11 is 6.71. The molecule has 0 radical (unpaired) electrons.